The van der Waals surface area contributed by atoms with Gasteiger partial charge in [0.05, 0.1) is 27.5 Å². The second-order valence-corrected chi connectivity index (χ2v) is 5.41. The number of aromatic nitrogens is 1. The summed E-state index contributed by atoms with van der Waals surface area (Å²) in [4.78, 5) is 2.97. The molecule has 23 heavy (non-hydrogen) atoms. The minimum Gasteiger partial charge on any atom is -0.493 e. The van der Waals surface area contributed by atoms with E-state index in [9.17, 15) is 13.2 Å². The van der Waals surface area contributed by atoms with Crippen molar-refractivity contribution in [1.82, 2.24) is 4.98 Å². The number of methoxy groups -OCH3 is 3. The van der Waals surface area contributed by atoms with Gasteiger partial charge in [0.15, 0.2) is 16.6 Å². The molecule has 126 valence electrons. The summed E-state index contributed by atoms with van der Waals surface area (Å²) in [5.41, 5.74) is 0.703. The van der Waals surface area contributed by atoms with Crippen molar-refractivity contribution in [3.05, 3.63) is 28.8 Å². The van der Waals surface area contributed by atoms with Gasteiger partial charge in [0.1, 0.15) is 4.88 Å². The average molecular weight is 348 g/mol. The lowest BCUT2D eigenvalue weighted by Gasteiger charge is -2.15. The molecule has 5 nitrogen and oxygen atoms in total. The smallest absolute Gasteiger partial charge is 0.427 e. The van der Waals surface area contributed by atoms with Gasteiger partial charge >= 0.3 is 6.18 Å². The van der Waals surface area contributed by atoms with Crippen LogP contribution in [0, 0.1) is 0 Å². The summed E-state index contributed by atoms with van der Waals surface area (Å²) in [5.74, 6) is 1.37. The van der Waals surface area contributed by atoms with Gasteiger partial charge in [-0.05, 0) is 12.1 Å². The van der Waals surface area contributed by atoms with Gasteiger partial charge in [0.2, 0.25) is 5.75 Å². The highest BCUT2D eigenvalue weighted by molar-refractivity contribution is 7.15. The Bertz CT molecular complexity index is 674. The normalized spacial score (nSPS) is 11.2. The molecule has 0 spiro atoms. The Hall–Kier alpha value is -2.16. The molecule has 1 aromatic heterocycles. The fourth-order valence-corrected chi connectivity index (χ4v) is 2.64. The second-order valence-electron chi connectivity index (χ2n) is 4.37. The minimum atomic E-state index is -4.39. The van der Waals surface area contributed by atoms with Crippen LogP contribution in [0.25, 0.3) is 0 Å². The molecular weight excluding hydrogens is 333 g/mol. The van der Waals surface area contributed by atoms with Crippen molar-refractivity contribution in [3.8, 4) is 17.2 Å². The predicted molar refractivity (Wildman–Crippen MR) is 80.5 cm³/mol. The van der Waals surface area contributed by atoms with E-state index in [2.05, 4.69) is 10.3 Å². The van der Waals surface area contributed by atoms with Crippen LogP contribution < -0.4 is 19.5 Å². The Morgan fingerprint density at radius 1 is 1.09 bits per heavy atom. The van der Waals surface area contributed by atoms with Gasteiger partial charge in [-0.3, -0.25) is 0 Å². The molecule has 0 aliphatic heterocycles. The van der Waals surface area contributed by atoms with Gasteiger partial charge in [-0.1, -0.05) is 11.3 Å². The van der Waals surface area contributed by atoms with E-state index in [1.54, 1.807) is 12.1 Å². The monoisotopic (exact) mass is 348 g/mol. The first-order chi connectivity index (χ1) is 10.9. The molecule has 2 aromatic rings. The SMILES string of the molecule is COc1ccc(CNc2ncc(C(F)(F)F)s2)c(OC)c1OC. The van der Waals surface area contributed by atoms with Crippen LogP contribution in [0.3, 0.4) is 0 Å². The van der Waals surface area contributed by atoms with Crippen molar-refractivity contribution in [1.29, 1.82) is 0 Å². The van der Waals surface area contributed by atoms with Crippen LogP contribution in [-0.2, 0) is 12.7 Å². The molecule has 0 fully saturated rings. The maximum absolute atomic E-state index is 12.6. The Balaban J connectivity index is 2.19. The van der Waals surface area contributed by atoms with Crippen molar-refractivity contribution in [2.45, 2.75) is 12.7 Å². The fourth-order valence-electron chi connectivity index (χ4n) is 1.96. The molecule has 0 aliphatic carbocycles. The van der Waals surface area contributed by atoms with Crippen molar-refractivity contribution in [2.75, 3.05) is 26.6 Å². The number of nitrogens with one attached hydrogen (secondary N) is 1. The molecule has 9 heteroatoms. The molecule has 0 saturated carbocycles. The summed E-state index contributed by atoms with van der Waals surface area (Å²) in [5, 5.41) is 3.02. The Morgan fingerprint density at radius 2 is 1.78 bits per heavy atom. The zero-order chi connectivity index (χ0) is 17.0. The number of ether oxygens (including phenoxy) is 3. The molecule has 0 aliphatic rings. The lowest BCUT2D eigenvalue weighted by molar-refractivity contribution is -0.134. The van der Waals surface area contributed by atoms with Crippen LogP contribution in [0.4, 0.5) is 18.3 Å². The minimum absolute atomic E-state index is 0.175. The van der Waals surface area contributed by atoms with Gasteiger partial charge in [0.25, 0.3) is 0 Å². The third-order valence-corrected chi connectivity index (χ3v) is 4.00. The first-order valence-corrected chi connectivity index (χ1v) is 7.27. The lowest BCUT2D eigenvalue weighted by Crippen LogP contribution is -2.04. The number of rotatable bonds is 6. The zero-order valence-electron chi connectivity index (χ0n) is 12.7. The summed E-state index contributed by atoms with van der Waals surface area (Å²) in [6.45, 7) is 0.230. The third kappa shape index (κ3) is 3.79. The predicted octanol–water partition coefficient (Wildman–Crippen LogP) is 3.80. The summed E-state index contributed by atoms with van der Waals surface area (Å²) in [7, 11) is 4.46. The summed E-state index contributed by atoms with van der Waals surface area (Å²) >= 11 is 0.546. The summed E-state index contributed by atoms with van der Waals surface area (Å²) < 4.78 is 53.4. The van der Waals surface area contributed by atoms with E-state index in [4.69, 9.17) is 14.2 Å². The van der Waals surface area contributed by atoms with Crippen molar-refractivity contribution in [2.24, 2.45) is 0 Å². The van der Waals surface area contributed by atoms with Crippen LogP contribution in [0.15, 0.2) is 18.3 Å². The van der Waals surface area contributed by atoms with Crippen molar-refractivity contribution >= 4 is 16.5 Å². The molecule has 1 N–H and O–H groups in total. The van der Waals surface area contributed by atoms with Gasteiger partial charge < -0.3 is 19.5 Å². The average Bonchev–Trinajstić information content (AvgIpc) is 3.00. The fraction of sp³-hybridized carbons (Fsp3) is 0.357. The van der Waals surface area contributed by atoms with Gasteiger partial charge in [-0.2, -0.15) is 13.2 Å². The van der Waals surface area contributed by atoms with E-state index < -0.39 is 11.1 Å². The van der Waals surface area contributed by atoms with Gasteiger partial charge in [-0.15, -0.1) is 0 Å². The molecule has 1 aromatic carbocycles. The van der Waals surface area contributed by atoms with E-state index in [-0.39, 0.29) is 11.7 Å². The standard InChI is InChI=1S/C14H15F3N2O3S/c1-20-9-5-4-8(11(21-2)12(9)22-3)6-18-13-19-7-10(23-13)14(15,16)17/h4-5,7H,6H2,1-3H3,(H,18,19). The summed E-state index contributed by atoms with van der Waals surface area (Å²) in [6, 6.07) is 3.44. The van der Waals surface area contributed by atoms with Gasteiger partial charge in [0, 0.05) is 12.1 Å². The van der Waals surface area contributed by atoms with Crippen LogP contribution in [0.1, 0.15) is 10.4 Å². The highest BCUT2D eigenvalue weighted by atomic mass is 32.1. The number of benzene rings is 1. The maximum Gasteiger partial charge on any atom is 0.427 e. The molecule has 0 amide bonds. The van der Waals surface area contributed by atoms with E-state index in [0.29, 0.717) is 34.1 Å². The molecule has 0 unspecified atom stereocenters. The summed E-state index contributed by atoms with van der Waals surface area (Å²) in [6.07, 6.45) is -3.59. The third-order valence-electron chi connectivity index (χ3n) is 3.00. The van der Waals surface area contributed by atoms with Crippen molar-refractivity contribution < 1.29 is 27.4 Å². The van der Waals surface area contributed by atoms with Crippen LogP contribution in [0.5, 0.6) is 17.2 Å². The highest BCUT2D eigenvalue weighted by Gasteiger charge is 2.33. The second kappa shape index (κ2) is 6.95. The number of anilines is 1. The number of nitrogens with zero attached hydrogens (tertiary/aromatic N) is 1. The Kier molecular flexibility index (Phi) is 5.19. The van der Waals surface area contributed by atoms with Crippen LogP contribution >= 0.6 is 11.3 Å². The van der Waals surface area contributed by atoms with Crippen molar-refractivity contribution in [3.63, 3.8) is 0 Å². The first kappa shape index (κ1) is 17.2. The zero-order valence-corrected chi connectivity index (χ0v) is 13.5. The Labute approximate surface area is 135 Å². The number of thiazole rings is 1. The molecular formula is C14H15F3N2O3S. The number of alkyl halides is 3. The van der Waals surface area contributed by atoms with E-state index in [0.717, 1.165) is 6.20 Å². The molecule has 0 saturated heterocycles. The molecule has 0 bridgehead atoms. The largest absolute Gasteiger partial charge is 0.493 e. The number of hydrogen-bond donors (Lipinski definition) is 1. The quantitative estimate of drug-likeness (QED) is 0.861. The first-order valence-electron chi connectivity index (χ1n) is 6.45. The molecule has 1 heterocycles. The number of hydrogen-bond acceptors (Lipinski definition) is 6. The van der Waals surface area contributed by atoms with E-state index in [1.807, 2.05) is 0 Å². The maximum atomic E-state index is 12.6. The van der Waals surface area contributed by atoms with E-state index >= 15 is 0 Å². The molecule has 0 radical (unpaired) electrons. The topological polar surface area (TPSA) is 52.6 Å². The lowest BCUT2D eigenvalue weighted by atomic mass is 10.1. The van der Waals surface area contributed by atoms with Crippen LogP contribution in [0.2, 0.25) is 0 Å². The molecule has 0 atom stereocenters. The number of halogens is 3. The Morgan fingerprint density at radius 3 is 2.30 bits per heavy atom. The highest BCUT2D eigenvalue weighted by Crippen LogP contribution is 2.40. The van der Waals surface area contributed by atoms with Crippen LogP contribution in [-0.4, -0.2) is 26.3 Å². The van der Waals surface area contributed by atoms with E-state index in [1.165, 1.54) is 21.3 Å². The molecule has 2 rings (SSSR count). The van der Waals surface area contributed by atoms with Gasteiger partial charge in [-0.25, -0.2) is 4.98 Å².